The quantitative estimate of drug-likeness (QED) is 0.839. The minimum atomic E-state index is 0.121. The average Bonchev–Trinajstić information content (AvgIpc) is 3.21. The topological polar surface area (TPSA) is 33.5 Å². The molecule has 0 N–H and O–H groups in total. The van der Waals surface area contributed by atoms with E-state index in [1.165, 1.54) is 5.56 Å². The van der Waals surface area contributed by atoms with Crippen LogP contribution < -0.4 is 0 Å². The van der Waals surface area contributed by atoms with Crippen LogP contribution in [0.4, 0.5) is 0 Å². The Morgan fingerprint density at radius 2 is 1.86 bits per heavy atom. The molecule has 1 saturated heterocycles. The van der Waals surface area contributed by atoms with Crippen LogP contribution in [-0.4, -0.2) is 23.9 Å². The zero-order chi connectivity index (χ0) is 14.5. The maximum atomic E-state index is 12.4. The molecule has 1 atom stereocenters. The number of hydrogen-bond acceptors (Lipinski definition) is 2. The summed E-state index contributed by atoms with van der Waals surface area (Å²) in [5, 5.41) is 0. The monoisotopic (exact) mass is 283 g/mol. The number of nitrogens with zero attached hydrogens (tertiary/aromatic N) is 1. The van der Waals surface area contributed by atoms with Crippen LogP contribution in [0.2, 0.25) is 0 Å². The number of likely N-dealkylation sites (tertiary alicyclic amines) is 1. The van der Waals surface area contributed by atoms with Crippen molar-refractivity contribution in [2.24, 2.45) is 0 Å². The fourth-order valence-corrected chi connectivity index (χ4v) is 3.00. The smallest absolute Gasteiger partial charge is 0.223 e. The predicted octanol–water partition coefficient (Wildman–Crippen LogP) is 3.62. The maximum absolute atomic E-state index is 12.4. The summed E-state index contributed by atoms with van der Waals surface area (Å²) in [5.74, 6) is 1.28. The second kappa shape index (κ2) is 6.61. The van der Waals surface area contributed by atoms with Gasteiger partial charge in [0.2, 0.25) is 5.91 Å². The maximum Gasteiger partial charge on any atom is 0.223 e. The van der Waals surface area contributed by atoms with Crippen LogP contribution in [0.3, 0.4) is 0 Å². The second-order valence-electron chi connectivity index (χ2n) is 5.69. The standard InChI is InChI=1S/C18H21NO2/c20-18(19-10-4-5-11-19)14-16(17-9-6-12-21-17)13-15-7-2-1-3-8-15/h1-3,6-9,12,16H,4-5,10-11,13-14H2. The van der Waals surface area contributed by atoms with Crippen molar-refractivity contribution in [3.8, 4) is 0 Å². The normalized spacial score (nSPS) is 16.1. The molecule has 1 aliphatic rings. The van der Waals surface area contributed by atoms with E-state index in [0.29, 0.717) is 6.42 Å². The molecule has 1 amide bonds. The van der Waals surface area contributed by atoms with Crippen molar-refractivity contribution in [1.82, 2.24) is 4.90 Å². The molecule has 0 saturated carbocycles. The average molecular weight is 283 g/mol. The van der Waals surface area contributed by atoms with Crippen LogP contribution in [-0.2, 0) is 11.2 Å². The van der Waals surface area contributed by atoms with E-state index in [9.17, 15) is 4.79 Å². The molecule has 1 aliphatic heterocycles. The molecular formula is C18H21NO2. The molecule has 0 spiro atoms. The minimum absolute atomic E-state index is 0.121. The molecule has 3 heteroatoms. The van der Waals surface area contributed by atoms with Gasteiger partial charge >= 0.3 is 0 Å². The van der Waals surface area contributed by atoms with Crippen LogP contribution in [0.1, 0.15) is 36.5 Å². The Morgan fingerprint density at radius 1 is 1.10 bits per heavy atom. The number of furan rings is 1. The van der Waals surface area contributed by atoms with Gasteiger partial charge in [0.1, 0.15) is 5.76 Å². The van der Waals surface area contributed by atoms with Gasteiger partial charge in [-0.3, -0.25) is 4.79 Å². The third kappa shape index (κ3) is 3.54. The summed E-state index contributed by atoms with van der Waals surface area (Å²) in [7, 11) is 0. The Morgan fingerprint density at radius 3 is 2.52 bits per heavy atom. The molecule has 0 bridgehead atoms. The molecule has 1 aromatic carbocycles. The van der Waals surface area contributed by atoms with Gasteiger partial charge < -0.3 is 9.32 Å². The van der Waals surface area contributed by atoms with Gasteiger partial charge in [0.05, 0.1) is 6.26 Å². The molecular weight excluding hydrogens is 262 g/mol. The van der Waals surface area contributed by atoms with Crippen LogP contribution in [0.15, 0.2) is 53.1 Å². The van der Waals surface area contributed by atoms with Gasteiger partial charge in [-0.25, -0.2) is 0 Å². The van der Waals surface area contributed by atoms with E-state index in [-0.39, 0.29) is 11.8 Å². The Bertz CT molecular complexity index is 556. The Kier molecular flexibility index (Phi) is 4.39. The summed E-state index contributed by atoms with van der Waals surface area (Å²) in [6.45, 7) is 1.82. The van der Waals surface area contributed by atoms with Crippen molar-refractivity contribution in [3.05, 3.63) is 60.1 Å². The summed E-state index contributed by atoms with van der Waals surface area (Å²) in [6, 6.07) is 14.2. The molecule has 2 heterocycles. The van der Waals surface area contributed by atoms with Crippen molar-refractivity contribution in [2.45, 2.75) is 31.6 Å². The van der Waals surface area contributed by atoms with E-state index >= 15 is 0 Å². The lowest BCUT2D eigenvalue weighted by molar-refractivity contribution is -0.130. The first-order chi connectivity index (χ1) is 10.3. The predicted molar refractivity (Wildman–Crippen MR) is 82.0 cm³/mol. The van der Waals surface area contributed by atoms with Crippen LogP contribution >= 0.6 is 0 Å². The van der Waals surface area contributed by atoms with Gasteiger partial charge in [-0.15, -0.1) is 0 Å². The molecule has 0 aliphatic carbocycles. The number of carbonyl (C=O) groups is 1. The SMILES string of the molecule is O=C(CC(Cc1ccccc1)c1ccco1)N1CCCC1. The highest BCUT2D eigenvalue weighted by Crippen LogP contribution is 2.26. The highest BCUT2D eigenvalue weighted by molar-refractivity contribution is 5.77. The van der Waals surface area contributed by atoms with Crippen molar-refractivity contribution < 1.29 is 9.21 Å². The zero-order valence-corrected chi connectivity index (χ0v) is 12.2. The third-order valence-corrected chi connectivity index (χ3v) is 4.15. The van der Waals surface area contributed by atoms with E-state index in [4.69, 9.17) is 4.42 Å². The van der Waals surface area contributed by atoms with Gasteiger partial charge in [-0.2, -0.15) is 0 Å². The highest BCUT2D eigenvalue weighted by Gasteiger charge is 2.24. The molecule has 3 nitrogen and oxygen atoms in total. The van der Waals surface area contributed by atoms with Gasteiger partial charge in [-0.05, 0) is 37.0 Å². The number of amides is 1. The molecule has 1 fully saturated rings. The fraction of sp³-hybridized carbons (Fsp3) is 0.389. The Hall–Kier alpha value is -2.03. The summed E-state index contributed by atoms with van der Waals surface area (Å²) in [4.78, 5) is 14.4. The summed E-state index contributed by atoms with van der Waals surface area (Å²) < 4.78 is 5.56. The lowest BCUT2D eigenvalue weighted by Gasteiger charge is -2.20. The summed E-state index contributed by atoms with van der Waals surface area (Å²) in [5.41, 5.74) is 1.24. The molecule has 2 aromatic rings. The van der Waals surface area contributed by atoms with Crippen molar-refractivity contribution in [1.29, 1.82) is 0 Å². The minimum Gasteiger partial charge on any atom is -0.469 e. The van der Waals surface area contributed by atoms with Gasteiger partial charge in [0.25, 0.3) is 0 Å². The third-order valence-electron chi connectivity index (χ3n) is 4.15. The first-order valence-corrected chi connectivity index (χ1v) is 7.68. The Labute approximate surface area is 125 Å². The first kappa shape index (κ1) is 13.9. The lowest BCUT2D eigenvalue weighted by Crippen LogP contribution is -2.29. The second-order valence-corrected chi connectivity index (χ2v) is 5.69. The summed E-state index contributed by atoms with van der Waals surface area (Å²) in [6.07, 6.45) is 5.33. The molecule has 0 radical (unpaired) electrons. The van der Waals surface area contributed by atoms with Crippen LogP contribution in [0, 0.1) is 0 Å². The number of benzene rings is 1. The number of rotatable bonds is 5. The van der Waals surface area contributed by atoms with Crippen molar-refractivity contribution in [2.75, 3.05) is 13.1 Å². The Balaban J connectivity index is 1.72. The van der Waals surface area contributed by atoms with E-state index in [1.807, 2.05) is 35.2 Å². The molecule has 3 rings (SSSR count). The molecule has 21 heavy (non-hydrogen) atoms. The largest absolute Gasteiger partial charge is 0.469 e. The molecule has 110 valence electrons. The summed E-state index contributed by atoms with van der Waals surface area (Å²) >= 11 is 0. The van der Waals surface area contributed by atoms with Crippen molar-refractivity contribution in [3.63, 3.8) is 0 Å². The first-order valence-electron chi connectivity index (χ1n) is 7.68. The van der Waals surface area contributed by atoms with Crippen molar-refractivity contribution >= 4 is 5.91 Å². The zero-order valence-electron chi connectivity index (χ0n) is 12.2. The van der Waals surface area contributed by atoms with Crippen LogP contribution in [0.25, 0.3) is 0 Å². The van der Waals surface area contributed by atoms with Gasteiger partial charge in [0, 0.05) is 25.4 Å². The lowest BCUT2D eigenvalue weighted by atomic mass is 9.93. The highest BCUT2D eigenvalue weighted by atomic mass is 16.3. The number of hydrogen-bond donors (Lipinski definition) is 0. The van der Waals surface area contributed by atoms with E-state index in [2.05, 4.69) is 12.1 Å². The van der Waals surface area contributed by atoms with E-state index in [0.717, 1.165) is 38.1 Å². The van der Waals surface area contributed by atoms with E-state index < -0.39 is 0 Å². The molecule has 1 aromatic heterocycles. The molecule has 1 unspecified atom stereocenters. The number of carbonyl (C=O) groups excluding carboxylic acids is 1. The fourth-order valence-electron chi connectivity index (χ4n) is 3.00. The van der Waals surface area contributed by atoms with Gasteiger partial charge in [-0.1, -0.05) is 30.3 Å². The van der Waals surface area contributed by atoms with Gasteiger partial charge in [0.15, 0.2) is 0 Å². The van der Waals surface area contributed by atoms with Crippen LogP contribution in [0.5, 0.6) is 0 Å². The van der Waals surface area contributed by atoms with E-state index in [1.54, 1.807) is 6.26 Å².